The Bertz CT molecular complexity index is 1170. The first-order chi connectivity index (χ1) is 14.6. The van der Waals surface area contributed by atoms with Gasteiger partial charge in [0.05, 0.1) is 0 Å². The molecule has 4 heteroatoms. The zero-order valence-electron chi connectivity index (χ0n) is 17.2. The van der Waals surface area contributed by atoms with E-state index >= 15 is 0 Å². The van der Waals surface area contributed by atoms with Crippen molar-refractivity contribution in [1.82, 2.24) is 4.90 Å². The van der Waals surface area contributed by atoms with Crippen LogP contribution in [0, 0.1) is 0 Å². The molecule has 4 nitrogen and oxygen atoms in total. The van der Waals surface area contributed by atoms with Crippen LogP contribution in [0.25, 0.3) is 22.3 Å². The van der Waals surface area contributed by atoms with Crippen LogP contribution in [0.5, 0.6) is 5.75 Å². The minimum atomic E-state index is -0.160. The van der Waals surface area contributed by atoms with Crippen LogP contribution in [-0.4, -0.2) is 25.5 Å². The minimum Gasteiger partial charge on any atom is -0.485 e. The van der Waals surface area contributed by atoms with Gasteiger partial charge in [-0.15, -0.1) is 0 Å². The predicted octanol–water partition coefficient (Wildman–Crippen LogP) is 5.53. The lowest BCUT2D eigenvalue weighted by atomic mass is 10.1. The van der Waals surface area contributed by atoms with Crippen molar-refractivity contribution in [1.29, 1.82) is 0 Å². The number of hydrogen-bond donors (Lipinski definition) is 0. The second-order valence-electron chi connectivity index (χ2n) is 7.58. The zero-order valence-corrected chi connectivity index (χ0v) is 17.2. The Morgan fingerprint density at radius 3 is 2.30 bits per heavy atom. The Morgan fingerprint density at radius 2 is 1.60 bits per heavy atom. The summed E-state index contributed by atoms with van der Waals surface area (Å²) in [5, 5.41) is 0.475. The molecular weight excluding hydrogens is 374 g/mol. The van der Waals surface area contributed by atoms with E-state index in [0.29, 0.717) is 22.5 Å². The highest BCUT2D eigenvalue weighted by Crippen LogP contribution is 2.31. The lowest BCUT2D eigenvalue weighted by Crippen LogP contribution is -2.19. The maximum Gasteiger partial charge on any atom is 0.197 e. The van der Waals surface area contributed by atoms with Gasteiger partial charge in [-0.1, -0.05) is 66.7 Å². The molecule has 1 heterocycles. The third-order valence-corrected chi connectivity index (χ3v) is 5.05. The largest absolute Gasteiger partial charge is 0.485 e. The van der Waals surface area contributed by atoms with Crippen molar-refractivity contribution in [3.05, 3.63) is 101 Å². The van der Waals surface area contributed by atoms with Gasteiger partial charge in [0.15, 0.2) is 5.43 Å². The van der Waals surface area contributed by atoms with Gasteiger partial charge in [0.2, 0.25) is 0 Å². The van der Waals surface area contributed by atoms with E-state index in [1.807, 2.05) is 80.8 Å². The van der Waals surface area contributed by atoms with Crippen LogP contribution in [0.2, 0.25) is 0 Å². The van der Waals surface area contributed by atoms with Gasteiger partial charge in [0.1, 0.15) is 28.6 Å². The van der Waals surface area contributed by atoms with Crippen molar-refractivity contribution < 1.29 is 9.15 Å². The molecule has 0 N–H and O–H groups in total. The molecule has 152 valence electrons. The van der Waals surface area contributed by atoms with Gasteiger partial charge in [-0.2, -0.15) is 0 Å². The van der Waals surface area contributed by atoms with Crippen LogP contribution in [0.3, 0.4) is 0 Å². The molecule has 0 amide bonds. The summed E-state index contributed by atoms with van der Waals surface area (Å²) < 4.78 is 12.5. The predicted molar refractivity (Wildman–Crippen MR) is 121 cm³/mol. The van der Waals surface area contributed by atoms with Crippen molar-refractivity contribution >= 4 is 11.0 Å². The Morgan fingerprint density at radius 1 is 0.900 bits per heavy atom. The number of fused-ring (bicyclic) bond motifs is 1. The van der Waals surface area contributed by atoms with Crippen molar-refractivity contribution in [2.45, 2.75) is 12.5 Å². The molecule has 0 fully saturated rings. The maximum absolute atomic E-state index is 13.0. The Labute approximate surface area is 176 Å². The summed E-state index contributed by atoms with van der Waals surface area (Å²) in [7, 11) is 4.08. The average Bonchev–Trinajstić information content (AvgIpc) is 2.77. The van der Waals surface area contributed by atoms with Gasteiger partial charge in [0.25, 0.3) is 0 Å². The Hall–Kier alpha value is -3.37. The number of hydrogen-bond acceptors (Lipinski definition) is 4. The van der Waals surface area contributed by atoms with Crippen LogP contribution < -0.4 is 10.2 Å². The third kappa shape index (κ3) is 4.44. The standard InChI is InChI=1S/C26H25NO3/c1-27(2)17-16-22(19-10-5-3-6-11-19)29-23-14-9-15-24-26(23)21(28)18-25(30-24)20-12-7-4-8-13-20/h3-15,18,22H,16-17H2,1-2H3. The molecule has 4 aromatic rings. The molecule has 4 rings (SSSR count). The topological polar surface area (TPSA) is 42.7 Å². The second kappa shape index (κ2) is 8.97. The quantitative estimate of drug-likeness (QED) is 0.410. The number of nitrogens with zero attached hydrogens (tertiary/aromatic N) is 1. The van der Waals surface area contributed by atoms with E-state index in [1.165, 1.54) is 0 Å². The van der Waals surface area contributed by atoms with E-state index in [0.717, 1.165) is 24.1 Å². The van der Waals surface area contributed by atoms with Crippen LogP contribution in [0.4, 0.5) is 0 Å². The molecule has 0 bridgehead atoms. The van der Waals surface area contributed by atoms with Crippen molar-refractivity contribution in [3.63, 3.8) is 0 Å². The average molecular weight is 399 g/mol. The fraction of sp³-hybridized carbons (Fsp3) is 0.192. The van der Waals surface area contributed by atoms with Crippen LogP contribution in [-0.2, 0) is 0 Å². The fourth-order valence-corrected chi connectivity index (χ4v) is 3.51. The monoisotopic (exact) mass is 399 g/mol. The highest BCUT2D eigenvalue weighted by Gasteiger charge is 2.18. The normalized spacial score (nSPS) is 12.2. The van der Waals surface area contributed by atoms with Gasteiger partial charge in [-0.25, -0.2) is 0 Å². The van der Waals surface area contributed by atoms with E-state index in [2.05, 4.69) is 17.0 Å². The first-order valence-electron chi connectivity index (χ1n) is 10.1. The molecule has 30 heavy (non-hydrogen) atoms. The maximum atomic E-state index is 13.0. The van der Waals surface area contributed by atoms with Crippen molar-refractivity contribution in [3.8, 4) is 17.1 Å². The summed E-state index contributed by atoms with van der Waals surface area (Å²) in [6, 6.07) is 26.8. The molecular formula is C26H25NO3. The molecule has 0 saturated heterocycles. The van der Waals surface area contributed by atoms with E-state index in [1.54, 1.807) is 6.07 Å². The van der Waals surface area contributed by atoms with Gasteiger partial charge in [-0.3, -0.25) is 4.79 Å². The lowest BCUT2D eigenvalue weighted by molar-refractivity contribution is 0.181. The van der Waals surface area contributed by atoms with Gasteiger partial charge in [-0.05, 0) is 31.8 Å². The summed E-state index contributed by atoms with van der Waals surface area (Å²) >= 11 is 0. The summed E-state index contributed by atoms with van der Waals surface area (Å²) in [5.74, 6) is 1.10. The highest BCUT2D eigenvalue weighted by atomic mass is 16.5. The van der Waals surface area contributed by atoms with Gasteiger partial charge < -0.3 is 14.1 Å². The second-order valence-corrected chi connectivity index (χ2v) is 7.58. The Kier molecular flexibility index (Phi) is 5.96. The van der Waals surface area contributed by atoms with Crippen LogP contribution in [0.1, 0.15) is 18.1 Å². The Balaban J connectivity index is 1.73. The van der Waals surface area contributed by atoms with E-state index in [-0.39, 0.29) is 11.5 Å². The number of ether oxygens (including phenoxy) is 1. The van der Waals surface area contributed by atoms with Gasteiger partial charge in [0, 0.05) is 24.6 Å². The first-order valence-corrected chi connectivity index (χ1v) is 10.1. The zero-order chi connectivity index (χ0) is 20.9. The fourth-order valence-electron chi connectivity index (χ4n) is 3.51. The molecule has 0 radical (unpaired) electrons. The van der Waals surface area contributed by atoms with Crippen molar-refractivity contribution in [2.24, 2.45) is 0 Å². The lowest BCUT2D eigenvalue weighted by Gasteiger charge is -2.22. The smallest absolute Gasteiger partial charge is 0.197 e. The minimum absolute atomic E-state index is 0.106. The number of rotatable bonds is 7. The molecule has 3 aromatic carbocycles. The molecule has 0 saturated carbocycles. The molecule has 0 aliphatic heterocycles. The molecule has 1 unspecified atom stereocenters. The van der Waals surface area contributed by atoms with E-state index < -0.39 is 0 Å². The molecule has 1 aromatic heterocycles. The SMILES string of the molecule is CN(C)CCC(Oc1cccc2oc(-c3ccccc3)cc(=O)c12)c1ccccc1. The first kappa shape index (κ1) is 19.9. The molecule has 0 spiro atoms. The molecule has 0 aliphatic carbocycles. The van der Waals surface area contributed by atoms with Crippen molar-refractivity contribution in [2.75, 3.05) is 20.6 Å². The third-order valence-electron chi connectivity index (χ3n) is 5.05. The van der Waals surface area contributed by atoms with E-state index in [4.69, 9.17) is 9.15 Å². The van der Waals surface area contributed by atoms with Crippen LogP contribution >= 0.6 is 0 Å². The van der Waals surface area contributed by atoms with Gasteiger partial charge >= 0.3 is 0 Å². The number of benzene rings is 3. The molecule has 1 atom stereocenters. The van der Waals surface area contributed by atoms with Crippen LogP contribution in [0.15, 0.2) is 94.1 Å². The summed E-state index contributed by atoms with van der Waals surface area (Å²) in [5.41, 5.74) is 2.38. The highest BCUT2D eigenvalue weighted by molar-refractivity contribution is 5.84. The van der Waals surface area contributed by atoms with E-state index in [9.17, 15) is 4.79 Å². The summed E-state index contributed by atoms with van der Waals surface area (Å²) in [6.45, 7) is 0.872. The molecule has 0 aliphatic rings. The summed E-state index contributed by atoms with van der Waals surface area (Å²) in [6.07, 6.45) is 0.647. The summed E-state index contributed by atoms with van der Waals surface area (Å²) in [4.78, 5) is 15.2.